The second-order valence-electron chi connectivity index (χ2n) is 5.32. The molecule has 0 aromatic heterocycles. The molecule has 0 radical (unpaired) electrons. The van der Waals surface area contributed by atoms with Crippen LogP contribution in [0.2, 0.25) is 0 Å². The smallest absolute Gasteiger partial charge is 0.161 e. The Balaban J connectivity index is 1.55. The summed E-state index contributed by atoms with van der Waals surface area (Å²) in [5.41, 5.74) is 1.26. The molecule has 2 aliphatic rings. The van der Waals surface area contributed by atoms with Crippen LogP contribution in [0.15, 0.2) is 18.2 Å². The molecule has 0 unspecified atom stereocenters. The van der Waals surface area contributed by atoms with Gasteiger partial charge in [-0.3, -0.25) is 0 Å². The van der Waals surface area contributed by atoms with Crippen molar-refractivity contribution in [3.05, 3.63) is 23.8 Å². The van der Waals surface area contributed by atoms with E-state index in [1.54, 1.807) is 0 Å². The maximum absolute atomic E-state index is 5.61. The topological polar surface area (TPSA) is 30.5 Å². The molecular weight excluding hydrogens is 258 g/mol. The normalized spacial score (nSPS) is 19.8. The van der Waals surface area contributed by atoms with Crippen LogP contribution in [0.3, 0.4) is 0 Å². The monoisotopic (exact) mass is 279 g/mol. The second-order valence-corrected chi connectivity index (χ2v) is 6.60. The highest BCUT2D eigenvalue weighted by Crippen LogP contribution is 2.42. The first-order chi connectivity index (χ1) is 9.31. The highest BCUT2D eigenvalue weighted by atomic mass is 32.2. The molecule has 3 nitrogen and oxygen atoms in total. The zero-order valence-corrected chi connectivity index (χ0v) is 12.2. The highest BCUT2D eigenvalue weighted by molar-refractivity contribution is 8.00. The van der Waals surface area contributed by atoms with Crippen LogP contribution >= 0.6 is 11.8 Å². The average Bonchev–Trinajstić information content (AvgIpc) is 2.42. The van der Waals surface area contributed by atoms with Crippen molar-refractivity contribution in [1.82, 2.24) is 5.32 Å². The second kappa shape index (κ2) is 5.63. The van der Waals surface area contributed by atoms with Crippen molar-refractivity contribution in [1.29, 1.82) is 0 Å². The first-order valence-electron chi connectivity index (χ1n) is 6.96. The van der Waals surface area contributed by atoms with Crippen LogP contribution in [-0.4, -0.2) is 30.8 Å². The number of fused-ring (bicyclic) bond motifs is 1. The molecule has 0 atom stereocenters. The molecular formula is C15H21NO2S. The summed E-state index contributed by atoms with van der Waals surface area (Å²) >= 11 is 2.01. The van der Waals surface area contributed by atoms with Crippen molar-refractivity contribution in [2.45, 2.75) is 30.6 Å². The fourth-order valence-corrected chi connectivity index (χ4v) is 3.60. The van der Waals surface area contributed by atoms with E-state index in [4.69, 9.17) is 9.47 Å². The zero-order chi connectivity index (χ0) is 13.1. The molecule has 1 saturated carbocycles. The first kappa shape index (κ1) is 13.1. The maximum Gasteiger partial charge on any atom is 0.161 e. The van der Waals surface area contributed by atoms with E-state index in [1.165, 1.54) is 24.8 Å². The summed E-state index contributed by atoms with van der Waals surface area (Å²) in [7, 11) is 0. The molecule has 3 rings (SSSR count). The Morgan fingerprint density at radius 3 is 2.68 bits per heavy atom. The largest absolute Gasteiger partial charge is 0.486 e. The number of hydrogen-bond donors (Lipinski definition) is 1. The van der Waals surface area contributed by atoms with E-state index in [0.29, 0.717) is 18.0 Å². The van der Waals surface area contributed by atoms with Gasteiger partial charge < -0.3 is 14.8 Å². The lowest BCUT2D eigenvalue weighted by Gasteiger charge is -2.40. The number of nitrogens with one attached hydrogen (secondary N) is 1. The van der Waals surface area contributed by atoms with Crippen molar-refractivity contribution in [2.24, 2.45) is 0 Å². The SMILES string of the molecule is CSC1(CNCc2ccc3c(c2)OCCO3)CCC1. The molecule has 0 saturated heterocycles. The van der Waals surface area contributed by atoms with Gasteiger partial charge in [-0.1, -0.05) is 12.5 Å². The molecule has 1 fully saturated rings. The number of thioether (sulfide) groups is 1. The average molecular weight is 279 g/mol. The lowest BCUT2D eigenvalue weighted by molar-refractivity contribution is 0.171. The molecule has 19 heavy (non-hydrogen) atoms. The van der Waals surface area contributed by atoms with Crippen LogP contribution in [0.4, 0.5) is 0 Å². The summed E-state index contributed by atoms with van der Waals surface area (Å²) in [6.45, 7) is 3.31. The number of rotatable bonds is 5. The fraction of sp³-hybridized carbons (Fsp3) is 0.600. The van der Waals surface area contributed by atoms with Crippen molar-refractivity contribution in [3.63, 3.8) is 0 Å². The Hall–Kier alpha value is -0.870. The standard InChI is InChI=1S/C15H21NO2S/c1-19-15(5-2-6-15)11-16-10-12-3-4-13-14(9-12)18-8-7-17-13/h3-4,9,16H,2,5-8,10-11H2,1H3. The predicted octanol–water partition coefficient (Wildman–Crippen LogP) is 2.83. The minimum atomic E-state index is 0.494. The third-order valence-electron chi connectivity index (χ3n) is 4.08. The summed E-state index contributed by atoms with van der Waals surface area (Å²) in [5.74, 6) is 1.75. The molecule has 1 heterocycles. The van der Waals surface area contributed by atoms with Crippen molar-refractivity contribution in [2.75, 3.05) is 26.0 Å². The van der Waals surface area contributed by atoms with Gasteiger partial charge in [-0.2, -0.15) is 11.8 Å². The van der Waals surface area contributed by atoms with Gasteiger partial charge in [-0.25, -0.2) is 0 Å². The van der Waals surface area contributed by atoms with E-state index in [9.17, 15) is 0 Å². The zero-order valence-electron chi connectivity index (χ0n) is 11.4. The number of hydrogen-bond acceptors (Lipinski definition) is 4. The summed E-state index contributed by atoms with van der Waals surface area (Å²) in [4.78, 5) is 0. The molecule has 0 amide bonds. The van der Waals surface area contributed by atoms with E-state index in [-0.39, 0.29) is 0 Å². The number of ether oxygens (including phenoxy) is 2. The van der Waals surface area contributed by atoms with Crippen molar-refractivity contribution < 1.29 is 9.47 Å². The molecule has 0 spiro atoms. The molecule has 4 heteroatoms. The molecule has 1 aromatic rings. The minimum absolute atomic E-state index is 0.494. The van der Waals surface area contributed by atoms with Crippen molar-refractivity contribution >= 4 is 11.8 Å². The molecule has 1 aliphatic heterocycles. The Bertz CT molecular complexity index is 440. The van der Waals surface area contributed by atoms with Crippen LogP contribution in [0, 0.1) is 0 Å². The van der Waals surface area contributed by atoms with Gasteiger partial charge >= 0.3 is 0 Å². The molecule has 0 bridgehead atoms. The summed E-state index contributed by atoms with van der Waals surface area (Å²) in [6, 6.07) is 6.22. The summed E-state index contributed by atoms with van der Waals surface area (Å²) in [6.07, 6.45) is 6.31. The van der Waals surface area contributed by atoms with Crippen LogP contribution in [0.25, 0.3) is 0 Å². The molecule has 104 valence electrons. The third kappa shape index (κ3) is 2.84. The van der Waals surface area contributed by atoms with Crippen LogP contribution in [-0.2, 0) is 6.54 Å². The van der Waals surface area contributed by atoms with Gasteiger partial charge in [0.2, 0.25) is 0 Å². The van der Waals surface area contributed by atoms with Crippen LogP contribution in [0.5, 0.6) is 11.5 Å². The number of benzene rings is 1. The predicted molar refractivity (Wildman–Crippen MR) is 79.2 cm³/mol. The summed E-state index contributed by atoms with van der Waals surface area (Å²) in [5, 5.41) is 3.58. The third-order valence-corrected chi connectivity index (χ3v) is 5.50. The highest BCUT2D eigenvalue weighted by Gasteiger charge is 2.35. The maximum atomic E-state index is 5.61. The van der Waals surface area contributed by atoms with Crippen molar-refractivity contribution in [3.8, 4) is 11.5 Å². The Morgan fingerprint density at radius 1 is 1.21 bits per heavy atom. The van der Waals surface area contributed by atoms with Gasteiger partial charge in [0, 0.05) is 17.8 Å². The molecule has 1 N–H and O–H groups in total. The van der Waals surface area contributed by atoms with E-state index < -0.39 is 0 Å². The quantitative estimate of drug-likeness (QED) is 0.898. The van der Waals surface area contributed by atoms with Crippen LogP contribution < -0.4 is 14.8 Å². The van der Waals surface area contributed by atoms with E-state index in [2.05, 4.69) is 23.7 Å². The van der Waals surface area contributed by atoms with Gasteiger partial charge in [0.25, 0.3) is 0 Å². The van der Waals surface area contributed by atoms with Crippen LogP contribution in [0.1, 0.15) is 24.8 Å². The van der Waals surface area contributed by atoms with Gasteiger partial charge in [0.15, 0.2) is 11.5 Å². The van der Waals surface area contributed by atoms with E-state index >= 15 is 0 Å². The lowest BCUT2D eigenvalue weighted by Crippen LogP contribution is -2.43. The Labute approximate surface area is 119 Å². The van der Waals surface area contributed by atoms with E-state index in [1.807, 2.05) is 17.8 Å². The Morgan fingerprint density at radius 2 is 2.00 bits per heavy atom. The van der Waals surface area contributed by atoms with Gasteiger partial charge in [-0.15, -0.1) is 0 Å². The lowest BCUT2D eigenvalue weighted by atomic mass is 9.84. The Kier molecular flexibility index (Phi) is 3.89. The fourth-order valence-electron chi connectivity index (χ4n) is 2.66. The van der Waals surface area contributed by atoms with Gasteiger partial charge in [0.05, 0.1) is 0 Å². The minimum Gasteiger partial charge on any atom is -0.486 e. The first-order valence-corrected chi connectivity index (χ1v) is 8.18. The molecule has 1 aromatic carbocycles. The van der Waals surface area contributed by atoms with E-state index in [0.717, 1.165) is 24.6 Å². The summed E-state index contributed by atoms with van der Waals surface area (Å²) < 4.78 is 11.6. The van der Waals surface area contributed by atoms with Gasteiger partial charge in [-0.05, 0) is 36.8 Å². The van der Waals surface area contributed by atoms with Gasteiger partial charge in [0.1, 0.15) is 13.2 Å². The molecule has 1 aliphatic carbocycles.